The Balaban J connectivity index is 2.41. The predicted molar refractivity (Wildman–Crippen MR) is 84.3 cm³/mol. The maximum Gasteiger partial charge on any atom is 0.323 e. The largest absolute Gasteiger partial charge is 0.468 e. The van der Waals surface area contributed by atoms with E-state index in [4.69, 9.17) is 9.47 Å². The molecule has 3 nitrogen and oxygen atoms in total. The zero-order chi connectivity index (χ0) is 15.0. The van der Waals surface area contributed by atoms with Gasteiger partial charge < -0.3 is 9.47 Å². The van der Waals surface area contributed by atoms with Gasteiger partial charge in [-0.15, -0.1) is 0 Å². The molecule has 0 spiro atoms. The van der Waals surface area contributed by atoms with E-state index in [0.29, 0.717) is 0 Å². The normalized spacial score (nSPS) is 19.0. The fourth-order valence-corrected chi connectivity index (χ4v) is 3.78. The molecule has 4 heteroatoms. The van der Waals surface area contributed by atoms with Gasteiger partial charge in [0.25, 0.3) is 0 Å². The molecule has 1 aliphatic carbocycles. The second kappa shape index (κ2) is 5.28. The summed E-state index contributed by atoms with van der Waals surface area (Å²) in [6.07, 6.45) is 0. The third-order valence-corrected chi connectivity index (χ3v) is 4.69. The van der Waals surface area contributed by atoms with Crippen LogP contribution in [0.5, 0.6) is 0 Å². The van der Waals surface area contributed by atoms with E-state index in [2.05, 4.69) is 15.9 Å². The van der Waals surface area contributed by atoms with Crippen LogP contribution in [0.4, 0.5) is 0 Å². The zero-order valence-electron chi connectivity index (χ0n) is 11.9. The van der Waals surface area contributed by atoms with Crippen LogP contribution in [0.15, 0.2) is 46.9 Å². The Labute approximate surface area is 132 Å². The van der Waals surface area contributed by atoms with Crippen molar-refractivity contribution in [2.75, 3.05) is 20.8 Å². The molecule has 3 rings (SSSR count). The molecule has 0 aliphatic heterocycles. The summed E-state index contributed by atoms with van der Waals surface area (Å²) in [4.78, 5) is 12.6. The third kappa shape index (κ3) is 1.86. The number of halogens is 1. The summed E-state index contributed by atoms with van der Waals surface area (Å²) in [7, 11) is 3.02. The van der Waals surface area contributed by atoms with Gasteiger partial charge >= 0.3 is 5.97 Å². The number of methoxy groups -OCH3 is 2. The molecule has 0 bridgehead atoms. The van der Waals surface area contributed by atoms with Gasteiger partial charge in [0.05, 0.1) is 13.7 Å². The first kappa shape index (κ1) is 14.3. The van der Waals surface area contributed by atoms with E-state index in [1.807, 2.05) is 42.5 Å². The smallest absolute Gasteiger partial charge is 0.323 e. The van der Waals surface area contributed by atoms with E-state index in [-0.39, 0.29) is 12.6 Å². The van der Waals surface area contributed by atoms with E-state index in [1.54, 1.807) is 7.11 Å². The van der Waals surface area contributed by atoms with Crippen molar-refractivity contribution in [3.63, 3.8) is 0 Å². The average Bonchev–Trinajstić information content (AvgIpc) is 2.80. The van der Waals surface area contributed by atoms with Crippen molar-refractivity contribution in [1.82, 2.24) is 0 Å². The lowest BCUT2D eigenvalue weighted by atomic mass is 9.79. The molecule has 21 heavy (non-hydrogen) atoms. The van der Waals surface area contributed by atoms with Gasteiger partial charge in [-0.05, 0) is 22.8 Å². The van der Waals surface area contributed by atoms with Crippen molar-refractivity contribution in [3.05, 3.63) is 58.1 Å². The highest BCUT2D eigenvalue weighted by Crippen LogP contribution is 2.52. The van der Waals surface area contributed by atoms with Crippen molar-refractivity contribution in [2.24, 2.45) is 0 Å². The average molecular weight is 347 g/mol. The summed E-state index contributed by atoms with van der Waals surface area (Å²) >= 11 is 3.60. The molecule has 0 amide bonds. The first-order chi connectivity index (χ1) is 10.2. The van der Waals surface area contributed by atoms with Gasteiger partial charge in [0.2, 0.25) is 0 Å². The van der Waals surface area contributed by atoms with Crippen LogP contribution in [0, 0.1) is 0 Å². The van der Waals surface area contributed by atoms with E-state index in [9.17, 15) is 4.79 Å². The Morgan fingerprint density at radius 1 is 1.10 bits per heavy atom. The number of hydrogen-bond donors (Lipinski definition) is 0. The molecular weight excluding hydrogens is 332 g/mol. The van der Waals surface area contributed by atoms with Crippen LogP contribution < -0.4 is 0 Å². The summed E-state index contributed by atoms with van der Waals surface area (Å²) in [5, 5.41) is 0. The highest BCUT2D eigenvalue weighted by molar-refractivity contribution is 9.10. The Morgan fingerprint density at radius 3 is 2.52 bits per heavy atom. The predicted octanol–water partition coefficient (Wildman–Crippen LogP) is 3.54. The molecule has 0 saturated heterocycles. The van der Waals surface area contributed by atoms with Crippen LogP contribution in [-0.2, 0) is 19.7 Å². The summed E-state index contributed by atoms with van der Waals surface area (Å²) < 4.78 is 11.5. The van der Waals surface area contributed by atoms with E-state index >= 15 is 0 Å². The van der Waals surface area contributed by atoms with E-state index in [0.717, 1.165) is 26.7 Å². The van der Waals surface area contributed by atoms with Crippen molar-refractivity contribution < 1.29 is 14.3 Å². The van der Waals surface area contributed by atoms with Crippen molar-refractivity contribution in [3.8, 4) is 11.1 Å². The Hall–Kier alpha value is -1.65. The highest BCUT2D eigenvalue weighted by Gasteiger charge is 2.50. The van der Waals surface area contributed by atoms with E-state index in [1.165, 1.54) is 7.11 Å². The molecule has 1 unspecified atom stereocenters. The summed E-state index contributed by atoms with van der Waals surface area (Å²) in [5.74, 6) is -0.298. The number of carbonyl (C=O) groups is 1. The molecule has 2 aromatic rings. The van der Waals surface area contributed by atoms with Crippen LogP contribution in [0.2, 0.25) is 0 Å². The van der Waals surface area contributed by atoms with E-state index < -0.39 is 5.41 Å². The maximum atomic E-state index is 12.6. The standard InChI is InChI=1S/C17H15BrO3/c1-20-10-17(16(19)21-2)12-7-4-3-6-11(12)15-13(17)8-5-9-14(15)18/h3-9H,10H2,1-2H3. The SMILES string of the molecule is COCC1(C(=O)OC)c2ccccc2-c2c(Br)cccc21. The van der Waals surface area contributed by atoms with Gasteiger partial charge in [-0.2, -0.15) is 0 Å². The third-order valence-electron chi connectivity index (χ3n) is 4.02. The highest BCUT2D eigenvalue weighted by atomic mass is 79.9. The summed E-state index contributed by atoms with van der Waals surface area (Å²) in [6, 6.07) is 13.8. The Bertz CT molecular complexity index is 711. The minimum atomic E-state index is -0.904. The monoisotopic (exact) mass is 346 g/mol. The van der Waals surface area contributed by atoms with Crippen molar-refractivity contribution in [1.29, 1.82) is 0 Å². The number of carbonyl (C=O) groups excluding carboxylic acids is 1. The van der Waals surface area contributed by atoms with Gasteiger partial charge in [-0.25, -0.2) is 0 Å². The number of rotatable bonds is 3. The Morgan fingerprint density at radius 2 is 1.81 bits per heavy atom. The van der Waals surface area contributed by atoms with Gasteiger partial charge in [-0.3, -0.25) is 4.79 Å². The maximum absolute atomic E-state index is 12.6. The molecule has 0 saturated carbocycles. The molecule has 0 aromatic heterocycles. The van der Waals surface area contributed by atoms with Gasteiger partial charge in [-0.1, -0.05) is 52.3 Å². The molecule has 1 atom stereocenters. The van der Waals surface area contributed by atoms with Crippen molar-refractivity contribution in [2.45, 2.75) is 5.41 Å². The molecule has 1 aliphatic rings. The topological polar surface area (TPSA) is 35.5 Å². The minimum Gasteiger partial charge on any atom is -0.468 e. The molecule has 108 valence electrons. The fourth-order valence-electron chi connectivity index (χ4n) is 3.20. The van der Waals surface area contributed by atoms with Crippen LogP contribution in [0.25, 0.3) is 11.1 Å². The number of hydrogen-bond acceptors (Lipinski definition) is 3. The molecule has 0 fully saturated rings. The molecule has 0 radical (unpaired) electrons. The lowest BCUT2D eigenvalue weighted by Crippen LogP contribution is -2.40. The molecule has 0 N–H and O–H groups in total. The number of esters is 1. The fraction of sp³-hybridized carbons (Fsp3) is 0.235. The number of benzene rings is 2. The van der Waals surface area contributed by atoms with Gasteiger partial charge in [0.15, 0.2) is 0 Å². The minimum absolute atomic E-state index is 0.250. The zero-order valence-corrected chi connectivity index (χ0v) is 13.4. The van der Waals surface area contributed by atoms with Gasteiger partial charge in [0, 0.05) is 17.1 Å². The molecule has 2 aromatic carbocycles. The van der Waals surface area contributed by atoms with Crippen LogP contribution in [-0.4, -0.2) is 26.8 Å². The van der Waals surface area contributed by atoms with Gasteiger partial charge in [0.1, 0.15) is 5.41 Å². The first-order valence-corrected chi connectivity index (χ1v) is 7.42. The van der Waals surface area contributed by atoms with Crippen LogP contribution >= 0.6 is 15.9 Å². The number of fused-ring (bicyclic) bond motifs is 3. The lowest BCUT2D eigenvalue weighted by Gasteiger charge is -2.28. The Kier molecular flexibility index (Phi) is 3.59. The van der Waals surface area contributed by atoms with Crippen molar-refractivity contribution >= 4 is 21.9 Å². The quantitative estimate of drug-likeness (QED) is 0.797. The summed E-state index contributed by atoms with van der Waals surface area (Å²) in [5.41, 5.74) is 3.03. The van der Waals surface area contributed by atoms with Crippen LogP contribution in [0.1, 0.15) is 11.1 Å². The molecule has 0 heterocycles. The first-order valence-electron chi connectivity index (χ1n) is 6.63. The second-order valence-corrected chi connectivity index (χ2v) is 5.89. The van der Waals surface area contributed by atoms with Crippen LogP contribution in [0.3, 0.4) is 0 Å². The number of ether oxygens (including phenoxy) is 2. The molecular formula is C17H15BrO3. The lowest BCUT2D eigenvalue weighted by molar-refractivity contribution is -0.147. The summed E-state index contributed by atoms with van der Waals surface area (Å²) in [6.45, 7) is 0.250. The second-order valence-electron chi connectivity index (χ2n) is 5.04.